The number of carbonyl (C=O) groups is 3. The van der Waals surface area contributed by atoms with Crippen LogP contribution in [0.4, 0.5) is 11.4 Å². The van der Waals surface area contributed by atoms with Crippen molar-refractivity contribution >= 4 is 29.1 Å². The van der Waals surface area contributed by atoms with Gasteiger partial charge in [0.25, 0.3) is 17.7 Å². The smallest absolute Gasteiger partial charge is 0.266 e. The van der Waals surface area contributed by atoms with E-state index in [1.807, 2.05) is 60.7 Å². The van der Waals surface area contributed by atoms with Crippen molar-refractivity contribution in [3.8, 4) is 11.1 Å². The molecule has 0 bridgehead atoms. The third-order valence-electron chi connectivity index (χ3n) is 5.41. The molecular weight excluding hydrogens is 400 g/mol. The number of imide groups is 1. The van der Waals surface area contributed by atoms with Crippen LogP contribution in [0.1, 0.15) is 31.1 Å². The van der Waals surface area contributed by atoms with E-state index < -0.39 is 11.8 Å². The number of hydrogen-bond acceptors (Lipinski definition) is 3. The van der Waals surface area contributed by atoms with Crippen molar-refractivity contribution in [2.75, 3.05) is 10.2 Å². The highest BCUT2D eigenvalue weighted by atomic mass is 16.2. The van der Waals surface area contributed by atoms with E-state index in [0.717, 1.165) is 11.1 Å². The van der Waals surface area contributed by atoms with Gasteiger partial charge in [-0.05, 0) is 42.0 Å². The SMILES string of the molecule is O=C(Nc1ccccc1)c1ccc2c(c1)C(=O)N(c1ccccc1-c1ccccc1)C2=O. The van der Waals surface area contributed by atoms with Gasteiger partial charge in [-0.3, -0.25) is 14.4 Å². The van der Waals surface area contributed by atoms with Crippen LogP contribution in [-0.4, -0.2) is 17.7 Å². The lowest BCUT2D eigenvalue weighted by Gasteiger charge is -2.18. The van der Waals surface area contributed by atoms with E-state index in [1.54, 1.807) is 36.4 Å². The van der Waals surface area contributed by atoms with E-state index in [1.165, 1.54) is 11.0 Å². The van der Waals surface area contributed by atoms with E-state index in [-0.39, 0.29) is 17.0 Å². The standard InChI is InChI=1S/C27H18N2O3/c30-25(28-20-11-5-2-6-12-20)19-15-16-22-23(17-19)27(32)29(26(22)31)24-14-8-7-13-21(24)18-9-3-1-4-10-18/h1-17H,(H,28,30). The number of nitrogens with one attached hydrogen (secondary N) is 1. The highest BCUT2D eigenvalue weighted by Crippen LogP contribution is 2.36. The first-order valence-corrected chi connectivity index (χ1v) is 10.2. The van der Waals surface area contributed by atoms with Gasteiger partial charge in [0.2, 0.25) is 0 Å². The Bertz CT molecular complexity index is 1350. The molecule has 5 rings (SSSR count). The number of hydrogen-bond donors (Lipinski definition) is 1. The van der Waals surface area contributed by atoms with Crippen molar-refractivity contribution in [1.82, 2.24) is 0 Å². The number of rotatable bonds is 4. The minimum Gasteiger partial charge on any atom is -0.322 e. The quantitative estimate of drug-likeness (QED) is 0.451. The summed E-state index contributed by atoms with van der Waals surface area (Å²) in [6.45, 7) is 0. The topological polar surface area (TPSA) is 66.5 Å². The first-order valence-electron chi connectivity index (χ1n) is 10.2. The second-order valence-electron chi connectivity index (χ2n) is 7.41. The van der Waals surface area contributed by atoms with Gasteiger partial charge >= 0.3 is 0 Å². The Kier molecular flexibility index (Phi) is 4.84. The molecule has 5 heteroatoms. The summed E-state index contributed by atoms with van der Waals surface area (Å²) in [6, 6.07) is 30.6. The van der Waals surface area contributed by atoms with Crippen molar-refractivity contribution in [3.05, 3.63) is 120 Å². The van der Waals surface area contributed by atoms with Crippen LogP contribution < -0.4 is 10.2 Å². The first kappa shape index (κ1) is 19.5. The lowest BCUT2D eigenvalue weighted by atomic mass is 10.0. The molecule has 0 saturated carbocycles. The molecule has 4 aromatic carbocycles. The molecule has 0 fully saturated rings. The summed E-state index contributed by atoms with van der Waals surface area (Å²) in [7, 11) is 0. The van der Waals surface area contributed by atoms with Crippen molar-refractivity contribution in [2.45, 2.75) is 0 Å². The summed E-state index contributed by atoms with van der Waals surface area (Å²) in [5, 5.41) is 2.80. The van der Waals surface area contributed by atoms with Crippen LogP contribution in [0.3, 0.4) is 0 Å². The molecule has 0 unspecified atom stereocenters. The normalized spacial score (nSPS) is 12.6. The zero-order chi connectivity index (χ0) is 22.1. The molecule has 3 amide bonds. The highest BCUT2D eigenvalue weighted by Gasteiger charge is 2.38. The molecule has 1 heterocycles. The number of benzene rings is 4. The first-order chi connectivity index (χ1) is 15.6. The monoisotopic (exact) mass is 418 g/mol. The van der Waals surface area contributed by atoms with Gasteiger partial charge in [0, 0.05) is 16.8 Å². The summed E-state index contributed by atoms with van der Waals surface area (Å²) in [4.78, 5) is 40.3. The maximum absolute atomic E-state index is 13.3. The zero-order valence-electron chi connectivity index (χ0n) is 17.0. The molecule has 0 atom stereocenters. The van der Waals surface area contributed by atoms with Crippen LogP contribution in [-0.2, 0) is 0 Å². The third-order valence-corrected chi connectivity index (χ3v) is 5.41. The minimum atomic E-state index is -0.442. The summed E-state index contributed by atoms with van der Waals surface area (Å²) >= 11 is 0. The molecular formula is C27H18N2O3. The van der Waals surface area contributed by atoms with Gasteiger partial charge in [0.05, 0.1) is 16.8 Å². The van der Waals surface area contributed by atoms with Crippen molar-refractivity contribution in [1.29, 1.82) is 0 Å². The Morgan fingerprint density at radius 1 is 0.625 bits per heavy atom. The Labute approximate surface area is 184 Å². The molecule has 4 aromatic rings. The van der Waals surface area contributed by atoms with Gasteiger partial charge in [-0.2, -0.15) is 0 Å². The predicted octanol–water partition coefficient (Wildman–Crippen LogP) is 5.41. The number of amides is 3. The fourth-order valence-electron chi connectivity index (χ4n) is 3.86. The van der Waals surface area contributed by atoms with Gasteiger partial charge < -0.3 is 5.32 Å². The molecule has 1 aliphatic rings. The lowest BCUT2D eigenvalue weighted by molar-refractivity contribution is 0.0925. The molecule has 154 valence electrons. The van der Waals surface area contributed by atoms with Crippen molar-refractivity contribution in [2.24, 2.45) is 0 Å². The van der Waals surface area contributed by atoms with Crippen LogP contribution in [0.15, 0.2) is 103 Å². The van der Waals surface area contributed by atoms with Crippen LogP contribution in [0.25, 0.3) is 11.1 Å². The van der Waals surface area contributed by atoms with Gasteiger partial charge in [-0.25, -0.2) is 4.90 Å². The summed E-state index contributed by atoms with van der Waals surface area (Å²) in [5.74, 6) is -1.19. The third kappa shape index (κ3) is 3.36. The molecule has 32 heavy (non-hydrogen) atoms. The van der Waals surface area contributed by atoms with Crippen LogP contribution in [0, 0.1) is 0 Å². The molecule has 5 nitrogen and oxygen atoms in total. The largest absolute Gasteiger partial charge is 0.322 e. The highest BCUT2D eigenvalue weighted by molar-refractivity contribution is 6.35. The number of carbonyl (C=O) groups excluding carboxylic acids is 3. The van der Waals surface area contributed by atoms with Gasteiger partial charge in [0.15, 0.2) is 0 Å². The average Bonchev–Trinajstić information content (AvgIpc) is 3.09. The summed E-state index contributed by atoms with van der Waals surface area (Å²) < 4.78 is 0. The van der Waals surface area contributed by atoms with Crippen molar-refractivity contribution in [3.63, 3.8) is 0 Å². The molecule has 0 spiro atoms. The number of para-hydroxylation sites is 2. The Hall–Kier alpha value is -4.51. The Balaban J connectivity index is 1.50. The summed E-state index contributed by atoms with van der Waals surface area (Å²) in [6.07, 6.45) is 0. The zero-order valence-corrected chi connectivity index (χ0v) is 17.0. The van der Waals surface area contributed by atoms with Crippen LogP contribution in [0.5, 0.6) is 0 Å². The maximum atomic E-state index is 13.3. The molecule has 0 saturated heterocycles. The van der Waals surface area contributed by atoms with E-state index in [9.17, 15) is 14.4 Å². The van der Waals surface area contributed by atoms with Gasteiger partial charge in [0.1, 0.15) is 0 Å². The predicted molar refractivity (Wildman–Crippen MR) is 124 cm³/mol. The number of fused-ring (bicyclic) bond motifs is 1. The average molecular weight is 418 g/mol. The lowest BCUT2D eigenvalue weighted by Crippen LogP contribution is -2.29. The molecule has 0 aliphatic carbocycles. The number of nitrogens with zero attached hydrogens (tertiary/aromatic N) is 1. The van der Waals surface area contributed by atoms with Crippen LogP contribution >= 0.6 is 0 Å². The Morgan fingerprint density at radius 2 is 1.25 bits per heavy atom. The molecule has 0 aromatic heterocycles. The maximum Gasteiger partial charge on any atom is 0.266 e. The Morgan fingerprint density at radius 3 is 2.00 bits per heavy atom. The fraction of sp³-hybridized carbons (Fsp3) is 0. The molecule has 1 N–H and O–H groups in total. The van der Waals surface area contributed by atoms with Gasteiger partial charge in [-0.1, -0.05) is 66.7 Å². The summed E-state index contributed by atoms with van der Waals surface area (Å²) in [5.41, 5.74) is 3.67. The fourth-order valence-corrected chi connectivity index (χ4v) is 3.86. The number of anilines is 2. The van der Waals surface area contributed by atoms with E-state index in [2.05, 4.69) is 5.32 Å². The van der Waals surface area contributed by atoms with E-state index in [0.29, 0.717) is 16.9 Å². The molecule has 1 aliphatic heterocycles. The van der Waals surface area contributed by atoms with E-state index in [4.69, 9.17) is 0 Å². The minimum absolute atomic E-state index is 0.221. The van der Waals surface area contributed by atoms with E-state index >= 15 is 0 Å². The van der Waals surface area contributed by atoms with Gasteiger partial charge in [-0.15, -0.1) is 0 Å². The second-order valence-corrected chi connectivity index (χ2v) is 7.41. The second kappa shape index (κ2) is 7.96. The molecule has 0 radical (unpaired) electrons. The van der Waals surface area contributed by atoms with Crippen molar-refractivity contribution < 1.29 is 14.4 Å². The van der Waals surface area contributed by atoms with Crippen LogP contribution in [0.2, 0.25) is 0 Å².